The van der Waals surface area contributed by atoms with Crippen molar-refractivity contribution in [2.75, 3.05) is 18.4 Å². The van der Waals surface area contributed by atoms with Gasteiger partial charge in [-0.15, -0.1) is 0 Å². The van der Waals surface area contributed by atoms with Crippen molar-refractivity contribution >= 4 is 11.7 Å². The Hall–Kier alpha value is -2.50. The zero-order valence-electron chi connectivity index (χ0n) is 13.0. The Bertz CT molecular complexity index is 672. The highest BCUT2D eigenvalue weighted by molar-refractivity contribution is 5.89. The maximum atomic E-state index is 13.4. The van der Waals surface area contributed by atoms with Crippen LogP contribution in [0.2, 0.25) is 0 Å². The van der Waals surface area contributed by atoms with E-state index < -0.39 is 0 Å². The monoisotopic (exact) mass is 314 g/mol. The van der Waals surface area contributed by atoms with E-state index in [1.165, 1.54) is 18.5 Å². The average Bonchev–Trinajstić information content (AvgIpc) is 2.55. The van der Waals surface area contributed by atoms with Gasteiger partial charge < -0.3 is 10.2 Å². The molecule has 0 radical (unpaired) electrons. The molecule has 1 aromatic carbocycles. The van der Waals surface area contributed by atoms with Crippen molar-refractivity contribution in [1.29, 1.82) is 0 Å². The number of rotatable bonds is 2. The van der Waals surface area contributed by atoms with Crippen LogP contribution in [0, 0.1) is 12.7 Å². The average molecular weight is 314 g/mol. The highest BCUT2D eigenvalue weighted by Gasteiger charge is 2.25. The normalized spacial score (nSPS) is 17.8. The van der Waals surface area contributed by atoms with Crippen molar-refractivity contribution in [3.05, 3.63) is 53.9 Å². The number of benzene rings is 1. The van der Waals surface area contributed by atoms with E-state index >= 15 is 0 Å². The molecule has 23 heavy (non-hydrogen) atoms. The van der Waals surface area contributed by atoms with Gasteiger partial charge in [-0.2, -0.15) is 0 Å². The second-order valence-electron chi connectivity index (χ2n) is 5.87. The summed E-state index contributed by atoms with van der Waals surface area (Å²) in [5, 5.41) is 2.78. The number of anilines is 1. The molecule has 1 saturated heterocycles. The lowest BCUT2D eigenvalue weighted by Crippen LogP contribution is -2.41. The van der Waals surface area contributed by atoms with Crippen LogP contribution in [0.25, 0.3) is 0 Å². The van der Waals surface area contributed by atoms with E-state index in [-0.39, 0.29) is 17.8 Å². The maximum absolute atomic E-state index is 13.4. The second-order valence-corrected chi connectivity index (χ2v) is 5.87. The Kier molecular flexibility index (Phi) is 4.50. The Morgan fingerprint density at radius 3 is 3.00 bits per heavy atom. The first-order valence-corrected chi connectivity index (χ1v) is 7.71. The van der Waals surface area contributed by atoms with Crippen molar-refractivity contribution in [2.24, 2.45) is 0 Å². The van der Waals surface area contributed by atoms with E-state index in [9.17, 15) is 9.18 Å². The quantitative estimate of drug-likeness (QED) is 0.925. The molecule has 5 nitrogen and oxygen atoms in total. The molecule has 1 aliphatic rings. The lowest BCUT2D eigenvalue weighted by atomic mass is 9.95. The van der Waals surface area contributed by atoms with Gasteiger partial charge in [0, 0.05) is 36.6 Å². The smallest absolute Gasteiger partial charge is 0.321 e. The second kappa shape index (κ2) is 6.73. The minimum Gasteiger partial charge on any atom is -0.324 e. The largest absolute Gasteiger partial charge is 0.324 e. The predicted octanol–water partition coefficient (Wildman–Crippen LogP) is 3.34. The molecule has 1 atom stereocenters. The first-order valence-electron chi connectivity index (χ1n) is 7.71. The number of carbonyl (C=O) groups excluding carboxylic acids is 1. The van der Waals surface area contributed by atoms with Crippen molar-refractivity contribution in [2.45, 2.75) is 25.7 Å². The van der Waals surface area contributed by atoms with Crippen LogP contribution >= 0.6 is 0 Å². The number of hydrogen-bond donors (Lipinski definition) is 1. The molecule has 0 unspecified atom stereocenters. The van der Waals surface area contributed by atoms with Gasteiger partial charge in [0.2, 0.25) is 0 Å². The summed E-state index contributed by atoms with van der Waals surface area (Å²) >= 11 is 0. The number of aromatic nitrogens is 2. The van der Waals surface area contributed by atoms with Gasteiger partial charge in [-0.1, -0.05) is 0 Å². The van der Waals surface area contributed by atoms with Gasteiger partial charge in [0.1, 0.15) is 12.1 Å². The van der Waals surface area contributed by atoms with E-state index in [0.29, 0.717) is 18.8 Å². The molecule has 3 rings (SSSR count). The summed E-state index contributed by atoms with van der Waals surface area (Å²) in [6.45, 7) is 3.10. The first kappa shape index (κ1) is 15.4. The third kappa shape index (κ3) is 3.83. The van der Waals surface area contributed by atoms with Crippen LogP contribution in [-0.2, 0) is 0 Å². The molecule has 0 spiro atoms. The van der Waals surface area contributed by atoms with Gasteiger partial charge in [-0.05, 0) is 49.6 Å². The third-order valence-corrected chi connectivity index (χ3v) is 4.03. The summed E-state index contributed by atoms with van der Waals surface area (Å²) < 4.78 is 13.4. The van der Waals surface area contributed by atoms with Gasteiger partial charge in [0.25, 0.3) is 0 Å². The molecule has 6 heteroatoms. The fraction of sp³-hybridized carbons (Fsp3) is 0.353. The summed E-state index contributed by atoms with van der Waals surface area (Å²) in [4.78, 5) is 22.4. The fourth-order valence-electron chi connectivity index (χ4n) is 2.96. The Morgan fingerprint density at radius 2 is 2.26 bits per heavy atom. The molecule has 1 N–H and O–H groups in total. The fourth-order valence-corrected chi connectivity index (χ4v) is 2.96. The minimum absolute atomic E-state index is 0.200. The van der Waals surface area contributed by atoms with E-state index in [4.69, 9.17) is 0 Å². The van der Waals surface area contributed by atoms with Crippen LogP contribution < -0.4 is 5.32 Å². The minimum atomic E-state index is -0.349. The summed E-state index contributed by atoms with van der Waals surface area (Å²) in [6, 6.07) is 6.21. The summed E-state index contributed by atoms with van der Waals surface area (Å²) in [7, 11) is 0. The van der Waals surface area contributed by atoms with Crippen LogP contribution in [0.5, 0.6) is 0 Å². The van der Waals surface area contributed by atoms with Gasteiger partial charge in [0.05, 0.1) is 0 Å². The van der Waals surface area contributed by atoms with Gasteiger partial charge in [-0.25, -0.2) is 19.2 Å². The Morgan fingerprint density at radius 1 is 1.39 bits per heavy atom. The molecule has 120 valence electrons. The molecular weight excluding hydrogens is 295 g/mol. The number of halogens is 1. The van der Waals surface area contributed by atoms with Gasteiger partial charge >= 0.3 is 6.03 Å². The zero-order valence-corrected chi connectivity index (χ0v) is 13.0. The van der Waals surface area contributed by atoms with Crippen molar-refractivity contribution in [3.63, 3.8) is 0 Å². The van der Waals surface area contributed by atoms with E-state index in [1.807, 2.05) is 6.07 Å². The molecular formula is C17H19FN4O. The first-order chi connectivity index (χ1) is 11.1. The number of aryl methyl sites for hydroxylation is 1. The van der Waals surface area contributed by atoms with Gasteiger partial charge in [-0.3, -0.25) is 0 Å². The Balaban J connectivity index is 1.67. The van der Waals surface area contributed by atoms with Crippen molar-refractivity contribution in [3.8, 4) is 0 Å². The summed E-state index contributed by atoms with van der Waals surface area (Å²) in [5.74, 6) is -0.135. The SMILES string of the molecule is Cc1cc(F)cc(NC(=O)N2CCC[C@@H](c3ccncn3)C2)c1. The zero-order chi connectivity index (χ0) is 16.2. The molecule has 0 bridgehead atoms. The standard InChI is InChI=1S/C17H19FN4O/c1-12-7-14(18)9-15(8-12)21-17(23)22-6-2-3-13(10-22)16-4-5-19-11-20-16/h4-5,7-9,11,13H,2-3,6,10H2,1H3,(H,21,23)/t13-/m1/s1. The number of nitrogens with one attached hydrogen (secondary N) is 1. The molecule has 1 aliphatic heterocycles. The molecule has 1 aromatic heterocycles. The number of amides is 2. The highest BCUT2D eigenvalue weighted by atomic mass is 19.1. The van der Waals surface area contributed by atoms with Crippen molar-refractivity contribution in [1.82, 2.24) is 14.9 Å². The number of likely N-dealkylation sites (tertiary alicyclic amines) is 1. The van der Waals surface area contributed by atoms with Crippen LogP contribution in [0.3, 0.4) is 0 Å². The maximum Gasteiger partial charge on any atom is 0.321 e. The number of piperidine rings is 1. The molecule has 2 amide bonds. The highest BCUT2D eigenvalue weighted by Crippen LogP contribution is 2.25. The molecule has 2 heterocycles. The topological polar surface area (TPSA) is 58.1 Å². The lowest BCUT2D eigenvalue weighted by molar-refractivity contribution is 0.192. The van der Waals surface area contributed by atoms with Crippen LogP contribution in [0.1, 0.15) is 30.0 Å². The number of urea groups is 1. The summed E-state index contributed by atoms with van der Waals surface area (Å²) in [6.07, 6.45) is 5.17. The van der Waals surface area contributed by atoms with Crippen LogP contribution in [-0.4, -0.2) is 34.0 Å². The third-order valence-electron chi connectivity index (χ3n) is 4.03. The van der Waals surface area contributed by atoms with E-state index in [0.717, 1.165) is 24.1 Å². The lowest BCUT2D eigenvalue weighted by Gasteiger charge is -2.32. The molecule has 0 aliphatic carbocycles. The predicted molar refractivity (Wildman–Crippen MR) is 85.7 cm³/mol. The molecule has 2 aromatic rings. The van der Waals surface area contributed by atoms with Crippen LogP contribution in [0.15, 0.2) is 36.8 Å². The summed E-state index contributed by atoms with van der Waals surface area (Å²) in [5.41, 5.74) is 2.22. The van der Waals surface area contributed by atoms with E-state index in [1.54, 1.807) is 24.1 Å². The number of hydrogen-bond acceptors (Lipinski definition) is 3. The molecule has 0 saturated carbocycles. The Labute approximate surface area is 134 Å². The van der Waals surface area contributed by atoms with Crippen LogP contribution in [0.4, 0.5) is 14.9 Å². The molecule has 1 fully saturated rings. The van der Waals surface area contributed by atoms with Gasteiger partial charge in [0.15, 0.2) is 0 Å². The number of nitrogens with zero attached hydrogens (tertiary/aromatic N) is 3. The van der Waals surface area contributed by atoms with E-state index in [2.05, 4.69) is 15.3 Å². The van der Waals surface area contributed by atoms with Crippen molar-refractivity contribution < 1.29 is 9.18 Å². The number of carbonyl (C=O) groups is 1.